The number of aryl methyl sites for hydroxylation is 1. The number of ether oxygens (including phenoxy) is 1. The summed E-state index contributed by atoms with van der Waals surface area (Å²) >= 11 is 1.63. The summed E-state index contributed by atoms with van der Waals surface area (Å²) in [5, 5.41) is 0. The fourth-order valence-electron chi connectivity index (χ4n) is 2.82. The maximum Gasteiger partial charge on any atom is 0.121 e. The normalized spacial score (nSPS) is 16.1. The van der Waals surface area contributed by atoms with E-state index >= 15 is 0 Å². The predicted molar refractivity (Wildman–Crippen MR) is 103 cm³/mol. The van der Waals surface area contributed by atoms with Crippen molar-refractivity contribution in [2.75, 3.05) is 31.5 Å². The van der Waals surface area contributed by atoms with Crippen molar-refractivity contribution in [2.45, 2.75) is 24.7 Å². The molecule has 1 heterocycles. The van der Waals surface area contributed by atoms with E-state index in [9.17, 15) is 0 Å². The Labute approximate surface area is 149 Å². The molecule has 1 fully saturated rings. The van der Waals surface area contributed by atoms with Crippen molar-refractivity contribution in [3.8, 4) is 5.75 Å². The first-order valence-corrected chi connectivity index (χ1v) is 9.41. The summed E-state index contributed by atoms with van der Waals surface area (Å²) < 4.78 is 9.42. The lowest BCUT2D eigenvalue weighted by atomic mass is 9.98. The van der Waals surface area contributed by atoms with E-state index in [-0.39, 0.29) is 0 Å². The van der Waals surface area contributed by atoms with Gasteiger partial charge < -0.3 is 14.4 Å². The van der Waals surface area contributed by atoms with Crippen molar-refractivity contribution < 1.29 is 4.74 Å². The third-order valence-electron chi connectivity index (χ3n) is 4.47. The van der Waals surface area contributed by atoms with Gasteiger partial charge in [-0.2, -0.15) is 0 Å². The fourth-order valence-corrected chi connectivity index (χ4v) is 3.45. The molecule has 0 amide bonds. The summed E-state index contributed by atoms with van der Waals surface area (Å²) in [7, 11) is 2.19. The monoisotopic (exact) mass is 342 g/mol. The predicted octanol–water partition coefficient (Wildman–Crippen LogP) is 4.83. The molecule has 3 nitrogen and oxygen atoms in total. The highest BCUT2D eigenvalue weighted by molar-refractivity contribution is 8.00. The molecule has 128 valence electrons. The van der Waals surface area contributed by atoms with Gasteiger partial charge in [-0.15, -0.1) is 0 Å². The van der Waals surface area contributed by atoms with Crippen LogP contribution in [0.25, 0.3) is 0 Å². The highest BCUT2D eigenvalue weighted by Gasteiger charge is 2.17. The summed E-state index contributed by atoms with van der Waals surface area (Å²) in [5.41, 5.74) is 2.35. The molecule has 0 saturated carbocycles. The Morgan fingerprint density at radius 1 is 1.12 bits per heavy atom. The molecule has 0 bridgehead atoms. The molecule has 0 radical (unpaired) electrons. The van der Waals surface area contributed by atoms with Gasteiger partial charge in [-0.1, -0.05) is 23.8 Å². The minimum Gasteiger partial charge on any atom is -0.493 e. The van der Waals surface area contributed by atoms with E-state index in [4.69, 9.17) is 4.74 Å². The largest absolute Gasteiger partial charge is 0.493 e. The number of hydrogen-bond donors (Lipinski definition) is 1. The number of rotatable bonds is 6. The lowest BCUT2D eigenvalue weighted by Crippen LogP contribution is -2.32. The number of hydrogen-bond acceptors (Lipinski definition) is 4. The lowest BCUT2D eigenvalue weighted by Gasteiger charge is -2.28. The summed E-state index contributed by atoms with van der Waals surface area (Å²) in [4.78, 5) is 3.60. The zero-order chi connectivity index (χ0) is 16.8. The van der Waals surface area contributed by atoms with E-state index < -0.39 is 0 Å². The van der Waals surface area contributed by atoms with Crippen LogP contribution < -0.4 is 9.46 Å². The molecule has 1 saturated heterocycles. The Balaban J connectivity index is 1.49. The number of likely N-dealkylation sites (tertiary alicyclic amines) is 1. The number of anilines is 1. The van der Waals surface area contributed by atoms with E-state index in [1.165, 1.54) is 36.4 Å². The minimum atomic E-state index is 0.680. The van der Waals surface area contributed by atoms with Gasteiger partial charge in [-0.3, -0.25) is 0 Å². The zero-order valence-corrected chi connectivity index (χ0v) is 15.3. The van der Waals surface area contributed by atoms with Crippen LogP contribution >= 0.6 is 11.9 Å². The second-order valence-electron chi connectivity index (χ2n) is 6.60. The third kappa shape index (κ3) is 5.18. The van der Waals surface area contributed by atoms with E-state index in [2.05, 4.69) is 60.0 Å². The lowest BCUT2D eigenvalue weighted by molar-refractivity contribution is 0.160. The van der Waals surface area contributed by atoms with Gasteiger partial charge in [0.05, 0.1) is 6.61 Å². The molecule has 1 N–H and O–H groups in total. The minimum absolute atomic E-state index is 0.680. The van der Waals surface area contributed by atoms with Gasteiger partial charge in [0.25, 0.3) is 0 Å². The van der Waals surface area contributed by atoms with E-state index in [0.29, 0.717) is 5.92 Å². The van der Waals surface area contributed by atoms with Gasteiger partial charge in [0.15, 0.2) is 0 Å². The zero-order valence-electron chi connectivity index (χ0n) is 14.5. The van der Waals surface area contributed by atoms with Gasteiger partial charge in [-0.05, 0) is 82.0 Å². The molecule has 0 unspecified atom stereocenters. The van der Waals surface area contributed by atoms with Crippen molar-refractivity contribution in [2.24, 2.45) is 5.92 Å². The SMILES string of the molecule is Cc1ccc(SNc2cccc(OCC3CCN(C)CC3)c2)cc1. The summed E-state index contributed by atoms with van der Waals surface area (Å²) in [6.45, 7) is 5.29. The molecule has 2 aromatic rings. The maximum absolute atomic E-state index is 6.02. The molecule has 0 aliphatic carbocycles. The molecule has 4 heteroatoms. The molecule has 24 heavy (non-hydrogen) atoms. The van der Waals surface area contributed by atoms with Gasteiger partial charge in [0.2, 0.25) is 0 Å². The van der Waals surface area contributed by atoms with Crippen molar-refractivity contribution in [1.29, 1.82) is 0 Å². The van der Waals surface area contributed by atoms with Gasteiger partial charge in [0.1, 0.15) is 5.75 Å². The highest BCUT2D eigenvalue weighted by atomic mass is 32.2. The van der Waals surface area contributed by atoms with Crippen LogP contribution in [0.1, 0.15) is 18.4 Å². The average Bonchev–Trinajstić information content (AvgIpc) is 2.61. The van der Waals surface area contributed by atoms with E-state index in [0.717, 1.165) is 18.0 Å². The summed E-state index contributed by atoms with van der Waals surface area (Å²) in [5.74, 6) is 1.63. The van der Waals surface area contributed by atoms with Crippen LogP contribution in [0.15, 0.2) is 53.4 Å². The van der Waals surface area contributed by atoms with Crippen LogP contribution in [-0.2, 0) is 0 Å². The van der Waals surface area contributed by atoms with Crippen LogP contribution in [0, 0.1) is 12.8 Å². The standard InChI is InChI=1S/C20H26N2OS/c1-16-6-8-20(9-7-16)24-21-18-4-3-5-19(14-18)23-15-17-10-12-22(2)13-11-17/h3-9,14,17,21H,10-13,15H2,1-2H3. The smallest absolute Gasteiger partial charge is 0.121 e. The second-order valence-corrected chi connectivity index (χ2v) is 7.48. The number of piperidine rings is 1. The van der Waals surface area contributed by atoms with E-state index in [1.54, 1.807) is 11.9 Å². The second kappa shape index (κ2) is 8.45. The van der Waals surface area contributed by atoms with Gasteiger partial charge >= 0.3 is 0 Å². The first kappa shape index (κ1) is 17.2. The fraction of sp³-hybridized carbons (Fsp3) is 0.400. The van der Waals surface area contributed by atoms with Crippen molar-refractivity contribution >= 4 is 17.6 Å². The van der Waals surface area contributed by atoms with Crippen LogP contribution in [0.5, 0.6) is 5.75 Å². The summed E-state index contributed by atoms with van der Waals surface area (Å²) in [6, 6.07) is 16.8. The first-order chi connectivity index (χ1) is 11.7. The molecule has 1 aliphatic rings. The molecule has 0 atom stereocenters. The Kier molecular flexibility index (Phi) is 6.05. The Morgan fingerprint density at radius 3 is 2.62 bits per heavy atom. The van der Waals surface area contributed by atoms with Gasteiger partial charge in [0, 0.05) is 16.6 Å². The molecule has 2 aromatic carbocycles. The van der Waals surface area contributed by atoms with Crippen molar-refractivity contribution in [1.82, 2.24) is 4.90 Å². The number of benzene rings is 2. The average molecular weight is 343 g/mol. The molecular weight excluding hydrogens is 316 g/mol. The first-order valence-electron chi connectivity index (χ1n) is 8.60. The molecular formula is C20H26N2OS. The van der Waals surface area contributed by atoms with E-state index in [1.807, 2.05) is 12.1 Å². The molecule has 0 aromatic heterocycles. The molecule has 0 spiro atoms. The maximum atomic E-state index is 6.02. The summed E-state index contributed by atoms with van der Waals surface area (Å²) in [6.07, 6.45) is 2.47. The molecule has 3 rings (SSSR count). The third-order valence-corrected chi connectivity index (χ3v) is 5.31. The molecule has 1 aliphatic heterocycles. The van der Waals surface area contributed by atoms with Crippen LogP contribution in [0.3, 0.4) is 0 Å². The quantitative estimate of drug-likeness (QED) is 0.760. The Bertz CT molecular complexity index is 636. The van der Waals surface area contributed by atoms with Crippen LogP contribution in [0.2, 0.25) is 0 Å². The Morgan fingerprint density at radius 2 is 1.88 bits per heavy atom. The highest BCUT2D eigenvalue weighted by Crippen LogP contribution is 2.25. The Hall–Kier alpha value is -1.65. The van der Waals surface area contributed by atoms with Crippen LogP contribution in [-0.4, -0.2) is 31.6 Å². The van der Waals surface area contributed by atoms with Crippen molar-refractivity contribution in [3.63, 3.8) is 0 Å². The van der Waals surface area contributed by atoms with Crippen LogP contribution in [0.4, 0.5) is 5.69 Å². The number of nitrogens with zero attached hydrogens (tertiary/aromatic N) is 1. The number of nitrogens with one attached hydrogen (secondary N) is 1. The van der Waals surface area contributed by atoms with Crippen molar-refractivity contribution in [3.05, 3.63) is 54.1 Å². The topological polar surface area (TPSA) is 24.5 Å². The van der Waals surface area contributed by atoms with Gasteiger partial charge in [-0.25, -0.2) is 0 Å².